The van der Waals surface area contributed by atoms with E-state index in [1.165, 1.54) is 0 Å². The average molecular weight is 217 g/mol. The molecule has 4 nitrogen and oxygen atoms in total. The van der Waals surface area contributed by atoms with Gasteiger partial charge in [-0.2, -0.15) is 12.1 Å². The Kier molecular flexibility index (Phi) is 1.80. The van der Waals surface area contributed by atoms with Gasteiger partial charge in [-0.25, -0.2) is 0 Å². The summed E-state index contributed by atoms with van der Waals surface area (Å²) >= 11 is 0. The summed E-state index contributed by atoms with van der Waals surface area (Å²) in [5.41, 5.74) is 0.972. The minimum Gasteiger partial charge on any atom is -0.299 e. The summed E-state index contributed by atoms with van der Waals surface area (Å²) in [6.07, 6.45) is 4.01. The van der Waals surface area contributed by atoms with Gasteiger partial charge >= 0.3 is 0 Å². The standard InChI is InChI=1S/C12H13N2O2/c1-13-7-10-6-5-9-3-2-4-11(9)12(10,8-13)14(15)16/h2-6,10H,7-8H2,1H3/q-1. The minimum absolute atomic E-state index is 0.00222. The van der Waals surface area contributed by atoms with Crippen molar-refractivity contribution in [3.05, 3.63) is 45.5 Å². The van der Waals surface area contributed by atoms with Crippen LogP contribution in [0.25, 0.3) is 6.08 Å². The molecule has 1 heterocycles. The quantitative estimate of drug-likeness (QED) is 0.406. The Morgan fingerprint density at radius 3 is 3.25 bits per heavy atom. The van der Waals surface area contributed by atoms with Crippen molar-refractivity contribution in [2.24, 2.45) is 5.92 Å². The number of hydrogen-bond acceptors (Lipinski definition) is 3. The van der Waals surface area contributed by atoms with E-state index in [1.807, 2.05) is 42.3 Å². The van der Waals surface area contributed by atoms with Gasteiger partial charge in [0.15, 0.2) is 0 Å². The number of nitro groups is 1. The molecule has 0 saturated carbocycles. The maximum atomic E-state index is 11.5. The Bertz CT molecular complexity index is 477. The molecule has 0 amide bonds. The highest BCUT2D eigenvalue weighted by Crippen LogP contribution is 2.45. The first-order valence-electron chi connectivity index (χ1n) is 5.42. The molecule has 1 fully saturated rings. The van der Waals surface area contributed by atoms with Crippen LogP contribution in [0.5, 0.6) is 0 Å². The summed E-state index contributed by atoms with van der Waals surface area (Å²) in [5, 5.41) is 11.5. The second kappa shape index (κ2) is 2.98. The van der Waals surface area contributed by atoms with Crippen molar-refractivity contribution >= 4 is 6.08 Å². The maximum Gasteiger partial charge on any atom is 0.242 e. The second-order valence-electron chi connectivity index (χ2n) is 4.74. The molecule has 84 valence electrons. The smallest absolute Gasteiger partial charge is 0.242 e. The minimum atomic E-state index is -0.914. The number of nitrogens with zero attached hydrogens (tertiary/aromatic N) is 2. The van der Waals surface area contributed by atoms with Crippen molar-refractivity contribution < 1.29 is 4.92 Å². The molecule has 1 aliphatic heterocycles. The van der Waals surface area contributed by atoms with Crippen molar-refractivity contribution in [1.29, 1.82) is 0 Å². The molecule has 2 atom stereocenters. The molecule has 2 aliphatic rings. The molecule has 2 unspecified atom stereocenters. The Labute approximate surface area is 93.7 Å². The van der Waals surface area contributed by atoms with Crippen LogP contribution in [0.1, 0.15) is 11.1 Å². The molecule has 3 rings (SSSR count). The highest BCUT2D eigenvalue weighted by molar-refractivity contribution is 5.61. The second-order valence-corrected chi connectivity index (χ2v) is 4.74. The number of fused-ring (bicyclic) bond motifs is 3. The Hall–Kier alpha value is -1.55. The highest BCUT2D eigenvalue weighted by atomic mass is 16.6. The normalized spacial score (nSPS) is 32.4. The molecule has 4 heteroatoms. The lowest BCUT2D eigenvalue weighted by Gasteiger charge is -2.32. The van der Waals surface area contributed by atoms with Gasteiger partial charge in [0.1, 0.15) is 0 Å². The molecule has 0 spiro atoms. The fourth-order valence-corrected chi connectivity index (χ4v) is 3.07. The van der Waals surface area contributed by atoms with Crippen LogP contribution in [0.15, 0.2) is 24.3 Å². The van der Waals surface area contributed by atoms with E-state index in [0.29, 0.717) is 6.54 Å². The third-order valence-corrected chi connectivity index (χ3v) is 3.78. The van der Waals surface area contributed by atoms with Crippen molar-refractivity contribution in [2.45, 2.75) is 5.54 Å². The van der Waals surface area contributed by atoms with Gasteiger partial charge in [0.25, 0.3) is 0 Å². The van der Waals surface area contributed by atoms with E-state index in [2.05, 4.69) is 0 Å². The van der Waals surface area contributed by atoms with E-state index in [0.717, 1.165) is 17.7 Å². The van der Waals surface area contributed by atoms with Crippen LogP contribution >= 0.6 is 0 Å². The molecular formula is C12H13N2O2-. The zero-order valence-corrected chi connectivity index (χ0v) is 9.09. The Morgan fingerprint density at radius 1 is 1.69 bits per heavy atom. The lowest BCUT2D eigenvalue weighted by atomic mass is 9.77. The summed E-state index contributed by atoms with van der Waals surface area (Å²) in [7, 11) is 1.94. The number of hydrogen-bond donors (Lipinski definition) is 0. The van der Waals surface area contributed by atoms with Crippen molar-refractivity contribution in [2.75, 3.05) is 20.1 Å². The molecular weight excluding hydrogens is 204 g/mol. The predicted octanol–water partition coefficient (Wildman–Crippen LogP) is 1.47. The summed E-state index contributed by atoms with van der Waals surface area (Å²) in [6.45, 7) is 1.27. The summed E-state index contributed by atoms with van der Waals surface area (Å²) in [5.74, 6) is 0.00222. The molecule has 1 saturated heterocycles. The SMILES string of the molecule is CN1CC2C=C[c-]3cccc3C2([N+](=O)[O-])C1. The largest absolute Gasteiger partial charge is 0.299 e. The van der Waals surface area contributed by atoms with Gasteiger partial charge in [0, 0.05) is 17.4 Å². The van der Waals surface area contributed by atoms with Crippen LogP contribution in [0.2, 0.25) is 0 Å². The van der Waals surface area contributed by atoms with E-state index < -0.39 is 5.54 Å². The average Bonchev–Trinajstić information content (AvgIpc) is 2.79. The van der Waals surface area contributed by atoms with Crippen LogP contribution in [0.4, 0.5) is 0 Å². The molecule has 0 N–H and O–H groups in total. The van der Waals surface area contributed by atoms with Gasteiger partial charge in [-0.05, 0) is 7.05 Å². The third kappa shape index (κ3) is 0.998. The molecule has 1 aromatic rings. The van der Waals surface area contributed by atoms with E-state index in [-0.39, 0.29) is 10.8 Å². The van der Waals surface area contributed by atoms with Crippen LogP contribution < -0.4 is 0 Å². The number of likely N-dealkylation sites (tertiary alicyclic amines) is 1. The fraction of sp³-hybridized carbons (Fsp3) is 0.417. The summed E-state index contributed by atoms with van der Waals surface area (Å²) in [4.78, 5) is 13.5. The molecule has 1 aliphatic carbocycles. The first-order valence-corrected chi connectivity index (χ1v) is 5.42. The molecule has 0 aromatic heterocycles. The molecule has 0 radical (unpaired) electrons. The Morgan fingerprint density at radius 2 is 2.50 bits per heavy atom. The zero-order chi connectivity index (χ0) is 11.3. The topological polar surface area (TPSA) is 46.4 Å². The first-order chi connectivity index (χ1) is 7.64. The van der Waals surface area contributed by atoms with Gasteiger partial charge in [-0.1, -0.05) is 5.56 Å². The van der Waals surface area contributed by atoms with Gasteiger partial charge < -0.3 is 0 Å². The van der Waals surface area contributed by atoms with Crippen LogP contribution in [-0.4, -0.2) is 30.0 Å². The Balaban J connectivity index is 2.22. The monoisotopic (exact) mass is 217 g/mol. The molecule has 1 aromatic carbocycles. The lowest BCUT2D eigenvalue weighted by Crippen LogP contribution is -2.43. The maximum absolute atomic E-state index is 11.5. The molecule has 0 bridgehead atoms. The third-order valence-electron chi connectivity index (χ3n) is 3.78. The first kappa shape index (κ1) is 9.66. The van der Waals surface area contributed by atoms with E-state index in [4.69, 9.17) is 0 Å². The van der Waals surface area contributed by atoms with Crippen molar-refractivity contribution in [3.63, 3.8) is 0 Å². The van der Waals surface area contributed by atoms with Crippen LogP contribution in [0, 0.1) is 16.0 Å². The van der Waals surface area contributed by atoms with E-state index in [9.17, 15) is 10.1 Å². The summed E-state index contributed by atoms with van der Waals surface area (Å²) < 4.78 is 0. The zero-order valence-electron chi connectivity index (χ0n) is 9.09. The highest BCUT2D eigenvalue weighted by Gasteiger charge is 2.55. The number of rotatable bonds is 1. The summed E-state index contributed by atoms with van der Waals surface area (Å²) in [6, 6.07) is 5.75. The van der Waals surface area contributed by atoms with Crippen molar-refractivity contribution in [1.82, 2.24) is 4.90 Å². The van der Waals surface area contributed by atoms with Crippen LogP contribution in [0.3, 0.4) is 0 Å². The molecule has 16 heavy (non-hydrogen) atoms. The van der Waals surface area contributed by atoms with Gasteiger partial charge in [0.05, 0.1) is 6.54 Å². The lowest BCUT2D eigenvalue weighted by molar-refractivity contribution is -0.581. The van der Waals surface area contributed by atoms with E-state index in [1.54, 1.807) is 0 Å². The predicted molar refractivity (Wildman–Crippen MR) is 60.7 cm³/mol. The number of likely N-dealkylation sites (N-methyl/N-ethyl adjacent to an activating group) is 1. The van der Waals surface area contributed by atoms with E-state index >= 15 is 0 Å². The fourth-order valence-electron chi connectivity index (χ4n) is 3.07. The van der Waals surface area contributed by atoms with Crippen LogP contribution in [-0.2, 0) is 5.54 Å². The van der Waals surface area contributed by atoms with Crippen molar-refractivity contribution in [3.8, 4) is 0 Å². The van der Waals surface area contributed by atoms with Gasteiger partial charge in [-0.3, -0.25) is 15.0 Å². The van der Waals surface area contributed by atoms with Gasteiger partial charge in [0.2, 0.25) is 5.54 Å². The van der Waals surface area contributed by atoms with Gasteiger partial charge in [-0.15, -0.1) is 23.8 Å².